The molecule has 116 valence electrons. The van der Waals surface area contributed by atoms with Crippen LogP contribution in [0, 0.1) is 0 Å². The van der Waals surface area contributed by atoms with E-state index >= 15 is 0 Å². The fraction of sp³-hybridized carbons (Fsp3) is 0.222. The predicted octanol–water partition coefficient (Wildman–Crippen LogP) is 2.48. The first-order chi connectivity index (χ1) is 11.3. The van der Waals surface area contributed by atoms with Gasteiger partial charge in [0.1, 0.15) is 5.84 Å². The van der Waals surface area contributed by atoms with Crippen LogP contribution in [-0.2, 0) is 4.84 Å². The van der Waals surface area contributed by atoms with Gasteiger partial charge in [0.25, 0.3) is 0 Å². The van der Waals surface area contributed by atoms with Crippen molar-refractivity contribution in [2.24, 2.45) is 10.1 Å². The third-order valence-corrected chi connectivity index (χ3v) is 4.14. The summed E-state index contributed by atoms with van der Waals surface area (Å²) in [5.41, 5.74) is 10.8. The molecular formula is C18H18N4O. The highest BCUT2D eigenvalue weighted by Crippen LogP contribution is 2.30. The molecule has 4 rings (SSSR count). The van der Waals surface area contributed by atoms with Crippen molar-refractivity contribution in [1.29, 1.82) is 0 Å². The van der Waals surface area contributed by atoms with E-state index in [0.29, 0.717) is 0 Å². The van der Waals surface area contributed by atoms with Crippen LogP contribution in [0.15, 0.2) is 58.7 Å². The topological polar surface area (TPSA) is 72.0 Å². The lowest BCUT2D eigenvalue weighted by atomic mass is 9.99. The molecule has 0 spiro atoms. The molecule has 2 aromatic carbocycles. The van der Waals surface area contributed by atoms with Crippen LogP contribution in [-0.4, -0.2) is 24.6 Å². The average Bonchev–Trinajstić information content (AvgIpc) is 3.28. The number of hydrogen-bond donors (Lipinski definition) is 2. The van der Waals surface area contributed by atoms with Crippen molar-refractivity contribution in [3.63, 3.8) is 0 Å². The number of anilines is 1. The summed E-state index contributed by atoms with van der Waals surface area (Å²) < 4.78 is 0. The van der Waals surface area contributed by atoms with E-state index in [1.165, 1.54) is 0 Å². The molecule has 3 N–H and O–H groups in total. The van der Waals surface area contributed by atoms with Crippen molar-refractivity contribution in [3.8, 4) is 0 Å². The Morgan fingerprint density at radius 3 is 2.43 bits per heavy atom. The monoisotopic (exact) mass is 306 g/mol. The molecule has 0 saturated heterocycles. The minimum absolute atomic E-state index is 0.0360. The van der Waals surface area contributed by atoms with Crippen LogP contribution in [0.5, 0.6) is 0 Å². The zero-order valence-electron chi connectivity index (χ0n) is 12.7. The molecule has 0 bridgehead atoms. The van der Waals surface area contributed by atoms with Gasteiger partial charge in [0, 0.05) is 24.2 Å². The van der Waals surface area contributed by atoms with E-state index in [2.05, 4.69) is 39.7 Å². The van der Waals surface area contributed by atoms with E-state index in [0.717, 1.165) is 53.4 Å². The van der Waals surface area contributed by atoms with Crippen LogP contribution in [0.25, 0.3) is 0 Å². The predicted molar refractivity (Wildman–Crippen MR) is 91.7 cm³/mol. The Morgan fingerprint density at radius 1 is 1.00 bits per heavy atom. The lowest BCUT2D eigenvalue weighted by Crippen LogP contribution is -2.19. The Kier molecular flexibility index (Phi) is 3.46. The van der Waals surface area contributed by atoms with Crippen LogP contribution in [0.4, 0.5) is 5.69 Å². The van der Waals surface area contributed by atoms with Gasteiger partial charge in [-0.2, -0.15) is 0 Å². The minimum Gasteiger partial charge on any atom is -0.399 e. The van der Waals surface area contributed by atoms with E-state index in [4.69, 9.17) is 10.6 Å². The van der Waals surface area contributed by atoms with Crippen LogP contribution < -0.4 is 11.1 Å². The summed E-state index contributed by atoms with van der Waals surface area (Å²) in [6.45, 7) is 1.77. The fourth-order valence-corrected chi connectivity index (χ4v) is 2.85. The van der Waals surface area contributed by atoms with Gasteiger partial charge in [0.2, 0.25) is 0 Å². The quantitative estimate of drug-likeness (QED) is 0.856. The second-order valence-corrected chi connectivity index (χ2v) is 5.74. The highest BCUT2D eigenvalue weighted by Gasteiger charge is 2.23. The summed E-state index contributed by atoms with van der Waals surface area (Å²) in [5, 5.41) is 7.53. The number of nitrogens with zero attached hydrogens (tertiary/aromatic N) is 2. The third-order valence-electron chi connectivity index (χ3n) is 4.14. The molecule has 0 fully saturated rings. The molecule has 2 aliphatic heterocycles. The third kappa shape index (κ3) is 2.77. The molecule has 5 heteroatoms. The van der Waals surface area contributed by atoms with Gasteiger partial charge in [0.05, 0.1) is 12.3 Å². The molecule has 2 heterocycles. The summed E-state index contributed by atoms with van der Waals surface area (Å²) in [6, 6.07) is 16.1. The highest BCUT2D eigenvalue weighted by atomic mass is 16.6. The minimum atomic E-state index is -0.0360. The fourth-order valence-electron chi connectivity index (χ4n) is 2.85. The average molecular weight is 306 g/mol. The largest absolute Gasteiger partial charge is 0.399 e. The number of amidine groups is 1. The summed E-state index contributed by atoms with van der Waals surface area (Å²) in [4.78, 5) is 10.0. The number of hydrogen-bond acceptors (Lipinski definition) is 5. The molecule has 0 saturated carbocycles. The van der Waals surface area contributed by atoms with Gasteiger partial charge in [0.15, 0.2) is 6.10 Å². The standard InChI is InChI=1S/C18H18N4O/c19-15-7-5-13(6-8-15)17-11-16(22-23-17)12-1-3-14(4-2-12)18-20-9-10-21-18/h1-8,17H,9-11,19H2,(H,20,21). The molecular weight excluding hydrogens is 288 g/mol. The lowest BCUT2D eigenvalue weighted by molar-refractivity contribution is 0.0857. The van der Waals surface area contributed by atoms with Crippen molar-refractivity contribution < 1.29 is 4.84 Å². The summed E-state index contributed by atoms with van der Waals surface area (Å²) in [6.07, 6.45) is 0.730. The zero-order chi connectivity index (χ0) is 15.6. The SMILES string of the molecule is Nc1ccc(C2CC(c3ccc(C4=NCCN4)cc3)=NO2)cc1. The first kappa shape index (κ1) is 13.8. The number of rotatable bonds is 3. The number of aliphatic imine (C=N–C) groups is 1. The molecule has 1 atom stereocenters. The lowest BCUT2D eigenvalue weighted by Gasteiger charge is -2.08. The van der Waals surface area contributed by atoms with Crippen LogP contribution >= 0.6 is 0 Å². The number of nitrogens with two attached hydrogens (primary N) is 1. The van der Waals surface area contributed by atoms with Crippen LogP contribution in [0.3, 0.4) is 0 Å². The van der Waals surface area contributed by atoms with Gasteiger partial charge >= 0.3 is 0 Å². The molecule has 23 heavy (non-hydrogen) atoms. The van der Waals surface area contributed by atoms with Crippen molar-refractivity contribution >= 4 is 17.2 Å². The second kappa shape index (κ2) is 5.76. The Morgan fingerprint density at radius 2 is 1.74 bits per heavy atom. The molecule has 1 unspecified atom stereocenters. The first-order valence-corrected chi connectivity index (χ1v) is 7.77. The number of nitrogen functional groups attached to an aromatic ring is 1. The smallest absolute Gasteiger partial charge is 0.158 e. The molecule has 5 nitrogen and oxygen atoms in total. The molecule has 2 aliphatic rings. The number of oxime groups is 1. The first-order valence-electron chi connectivity index (χ1n) is 7.77. The molecule has 2 aromatic rings. The van der Waals surface area contributed by atoms with Crippen molar-refractivity contribution in [2.75, 3.05) is 18.8 Å². The summed E-state index contributed by atoms with van der Waals surface area (Å²) >= 11 is 0. The van der Waals surface area contributed by atoms with E-state index in [1.54, 1.807) is 0 Å². The molecule has 0 amide bonds. The van der Waals surface area contributed by atoms with Crippen molar-refractivity contribution in [2.45, 2.75) is 12.5 Å². The van der Waals surface area contributed by atoms with Crippen LogP contribution in [0.1, 0.15) is 29.2 Å². The maximum atomic E-state index is 5.73. The normalized spacial score (nSPS) is 19.7. The number of nitrogens with one attached hydrogen (secondary N) is 1. The van der Waals surface area contributed by atoms with Gasteiger partial charge in [-0.1, -0.05) is 41.6 Å². The van der Waals surface area contributed by atoms with Crippen LogP contribution in [0.2, 0.25) is 0 Å². The van der Waals surface area contributed by atoms with Crippen molar-refractivity contribution in [3.05, 3.63) is 65.2 Å². The Balaban J connectivity index is 1.48. The van der Waals surface area contributed by atoms with Gasteiger partial charge in [-0.3, -0.25) is 4.99 Å². The summed E-state index contributed by atoms with van der Waals surface area (Å²) in [5.74, 6) is 0.973. The second-order valence-electron chi connectivity index (χ2n) is 5.74. The molecule has 0 aromatic heterocycles. The van der Waals surface area contributed by atoms with Gasteiger partial charge in [-0.05, 0) is 23.3 Å². The molecule has 0 aliphatic carbocycles. The van der Waals surface area contributed by atoms with E-state index in [9.17, 15) is 0 Å². The van der Waals surface area contributed by atoms with Crippen molar-refractivity contribution in [1.82, 2.24) is 5.32 Å². The maximum absolute atomic E-state index is 5.73. The summed E-state index contributed by atoms with van der Waals surface area (Å²) in [7, 11) is 0. The Bertz CT molecular complexity index is 763. The Labute approximate surface area is 134 Å². The number of benzene rings is 2. The van der Waals surface area contributed by atoms with Gasteiger partial charge in [-0.25, -0.2) is 0 Å². The van der Waals surface area contributed by atoms with E-state index in [1.807, 2.05) is 24.3 Å². The van der Waals surface area contributed by atoms with Gasteiger partial charge in [-0.15, -0.1) is 0 Å². The van der Waals surface area contributed by atoms with Gasteiger partial charge < -0.3 is 15.9 Å². The highest BCUT2D eigenvalue weighted by molar-refractivity contribution is 6.03. The Hall–Kier alpha value is -2.82. The zero-order valence-corrected chi connectivity index (χ0v) is 12.7. The van der Waals surface area contributed by atoms with E-state index < -0.39 is 0 Å². The van der Waals surface area contributed by atoms with E-state index in [-0.39, 0.29) is 6.10 Å². The molecule has 0 radical (unpaired) electrons. The maximum Gasteiger partial charge on any atom is 0.158 e.